The molecular weight excluding hydrogens is 329 g/mol. The van der Waals surface area contributed by atoms with Crippen LogP contribution in [0.2, 0.25) is 0 Å². The first-order valence-corrected chi connectivity index (χ1v) is 8.44. The first-order chi connectivity index (χ1) is 12.6. The Morgan fingerprint density at radius 2 is 1.73 bits per heavy atom. The predicted molar refractivity (Wildman–Crippen MR) is 102 cm³/mol. The van der Waals surface area contributed by atoms with Crippen molar-refractivity contribution in [3.05, 3.63) is 90.3 Å². The summed E-state index contributed by atoms with van der Waals surface area (Å²) in [5.74, 6) is 0.215. The molecule has 0 radical (unpaired) electrons. The molecule has 0 aliphatic carbocycles. The van der Waals surface area contributed by atoms with Gasteiger partial charge >= 0.3 is 0 Å². The molecule has 26 heavy (non-hydrogen) atoms. The molecule has 0 saturated carbocycles. The molecule has 1 amide bonds. The molecule has 1 N–H and O–H groups in total. The molecule has 0 spiro atoms. The Morgan fingerprint density at radius 3 is 2.54 bits per heavy atom. The van der Waals surface area contributed by atoms with Gasteiger partial charge in [-0.1, -0.05) is 55.1 Å². The summed E-state index contributed by atoms with van der Waals surface area (Å²) in [7, 11) is 0. The van der Waals surface area contributed by atoms with E-state index in [1.807, 2.05) is 42.5 Å². The monoisotopic (exact) mass is 349 g/mol. The highest BCUT2D eigenvalue weighted by Crippen LogP contribution is 2.25. The number of hydrogen-bond acceptors (Lipinski definition) is 2. The molecule has 3 aromatic rings. The lowest BCUT2D eigenvalue weighted by atomic mass is 10.1. The fraction of sp³-hybridized carbons (Fsp3) is 0.136. The largest absolute Gasteiger partial charge is 0.488 e. The van der Waals surface area contributed by atoms with Gasteiger partial charge in [-0.15, -0.1) is 0 Å². The molecule has 0 saturated heterocycles. The Kier molecular flexibility index (Phi) is 5.64. The smallest absolute Gasteiger partial charge is 0.250 e. The Morgan fingerprint density at radius 1 is 1.00 bits per heavy atom. The van der Waals surface area contributed by atoms with E-state index < -0.39 is 0 Å². The van der Waals surface area contributed by atoms with E-state index in [1.165, 1.54) is 12.1 Å². The molecule has 3 nitrogen and oxygen atoms in total. The summed E-state index contributed by atoms with van der Waals surface area (Å²) < 4.78 is 18.6. The second-order valence-corrected chi connectivity index (χ2v) is 6.00. The summed E-state index contributed by atoms with van der Waals surface area (Å²) in [6, 6.07) is 20.0. The SMILES string of the molecule is C=C(COc1cccc2ccccc12)C(=O)NCCc1ccc(F)cc1. The van der Waals surface area contributed by atoms with E-state index in [0.717, 1.165) is 22.1 Å². The van der Waals surface area contributed by atoms with Crippen molar-refractivity contribution in [2.75, 3.05) is 13.2 Å². The van der Waals surface area contributed by atoms with Crippen molar-refractivity contribution in [1.82, 2.24) is 5.32 Å². The van der Waals surface area contributed by atoms with Gasteiger partial charge in [0.25, 0.3) is 0 Å². The third kappa shape index (κ3) is 4.48. The lowest BCUT2D eigenvalue weighted by Gasteiger charge is -2.11. The zero-order chi connectivity index (χ0) is 18.4. The second-order valence-electron chi connectivity index (χ2n) is 6.00. The zero-order valence-electron chi connectivity index (χ0n) is 14.4. The van der Waals surface area contributed by atoms with Crippen molar-refractivity contribution >= 4 is 16.7 Å². The lowest BCUT2D eigenvalue weighted by molar-refractivity contribution is -0.117. The second kappa shape index (κ2) is 8.30. The van der Waals surface area contributed by atoms with Crippen molar-refractivity contribution in [1.29, 1.82) is 0 Å². The van der Waals surface area contributed by atoms with E-state index in [9.17, 15) is 9.18 Å². The number of nitrogens with one attached hydrogen (secondary N) is 1. The summed E-state index contributed by atoms with van der Waals surface area (Å²) in [6.07, 6.45) is 0.628. The van der Waals surface area contributed by atoms with Crippen LogP contribution in [0, 0.1) is 5.82 Å². The molecule has 0 unspecified atom stereocenters. The van der Waals surface area contributed by atoms with E-state index in [1.54, 1.807) is 12.1 Å². The summed E-state index contributed by atoms with van der Waals surface area (Å²) in [5.41, 5.74) is 1.32. The topological polar surface area (TPSA) is 38.3 Å². The van der Waals surface area contributed by atoms with E-state index in [2.05, 4.69) is 11.9 Å². The van der Waals surface area contributed by atoms with Gasteiger partial charge in [0, 0.05) is 17.5 Å². The number of fused-ring (bicyclic) bond motifs is 1. The molecule has 0 aliphatic rings. The number of halogens is 1. The van der Waals surface area contributed by atoms with Gasteiger partial charge in [0.1, 0.15) is 18.2 Å². The van der Waals surface area contributed by atoms with Gasteiger partial charge in [-0.3, -0.25) is 4.79 Å². The van der Waals surface area contributed by atoms with Gasteiger partial charge in [0.05, 0.1) is 0 Å². The Balaban J connectivity index is 1.49. The highest BCUT2D eigenvalue weighted by atomic mass is 19.1. The molecule has 0 atom stereocenters. The fourth-order valence-electron chi connectivity index (χ4n) is 2.65. The van der Waals surface area contributed by atoms with E-state index in [0.29, 0.717) is 18.5 Å². The minimum atomic E-state index is -0.267. The van der Waals surface area contributed by atoms with Crippen LogP contribution in [0.5, 0.6) is 5.75 Å². The quantitative estimate of drug-likeness (QED) is 0.647. The van der Waals surface area contributed by atoms with Crippen LogP contribution in [0.1, 0.15) is 5.56 Å². The number of benzene rings is 3. The van der Waals surface area contributed by atoms with Crippen molar-refractivity contribution in [3.8, 4) is 5.75 Å². The molecule has 0 heterocycles. The summed E-state index contributed by atoms with van der Waals surface area (Å²) in [6.45, 7) is 4.38. The van der Waals surface area contributed by atoms with Gasteiger partial charge in [-0.05, 0) is 35.6 Å². The maximum absolute atomic E-state index is 12.9. The lowest BCUT2D eigenvalue weighted by Crippen LogP contribution is -2.28. The molecule has 0 bridgehead atoms. The van der Waals surface area contributed by atoms with Gasteiger partial charge in [0.2, 0.25) is 5.91 Å². The van der Waals surface area contributed by atoms with Gasteiger partial charge < -0.3 is 10.1 Å². The third-order valence-electron chi connectivity index (χ3n) is 4.09. The van der Waals surface area contributed by atoms with Crippen LogP contribution in [0.25, 0.3) is 10.8 Å². The van der Waals surface area contributed by atoms with E-state index in [-0.39, 0.29) is 18.3 Å². The van der Waals surface area contributed by atoms with Crippen molar-refractivity contribution in [2.45, 2.75) is 6.42 Å². The van der Waals surface area contributed by atoms with Gasteiger partial charge in [-0.25, -0.2) is 4.39 Å². The highest BCUT2D eigenvalue weighted by Gasteiger charge is 2.09. The molecule has 0 aromatic heterocycles. The Hall–Kier alpha value is -3.14. The van der Waals surface area contributed by atoms with Crippen LogP contribution in [-0.4, -0.2) is 19.1 Å². The minimum Gasteiger partial charge on any atom is -0.488 e. The van der Waals surface area contributed by atoms with E-state index in [4.69, 9.17) is 4.74 Å². The van der Waals surface area contributed by atoms with Crippen molar-refractivity contribution < 1.29 is 13.9 Å². The first kappa shape index (κ1) is 17.7. The Labute approximate surface area is 152 Å². The molecule has 0 fully saturated rings. The number of hydrogen-bond donors (Lipinski definition) is 1. The van der Waals surface area contributed by atoms with Crippen molar-refractivity contribution in [2.24, 2.45) is 0 Å². The summed E-state index contributed by atoms with van der Waals surface area (Å²) in [4.78, 5) is 12.1. The molecule has 3 aromatic carbocycles. The summed E-state index contributed by atoms with van der Waals surface area (Å²) in [5, 5.41) is 4.89. The number of ether oxygens (including phenoxy) is 1. The van der Waals surface area contributed by atoms with Gasteiger partial charge in [-0.2, -0.15) is 0 Å². The number of carbonyl (C=O) groups excluding carboxylic acids is 1. The summed E-state index contributed by atoms with van der Waals surface area (Å²) >= 11 is 0. The fourth-order valence-corrected chi connectivity index (χ4v) is 2.65. The number of carbonyl (C=O) groups is 1. The third-order valence-corrected chi connectivity index (χ3v) is 4.09. The van der Waals surface area contributed by atoms with Crippen LogP contribution < -0.4 is 10.1 Å². The van der Waals surface area contributed by atoms with Crippen LogP contribution in [0.3, 0.4) is 0 Å². The predicted octanol–water partition coefficient (Wildman–Crippen LogP) is 4.27. The Bertz CT molecular complexity index is 914. The van der Waals surface area contributed by atoms with Crippen LogP contribution >= 0.6 is 0 Å². The standard InChI is InChI=1S/C22H20FNO2/c1-16(22(25)24-14-13-17-9-11-19(23)12-10-17)15-26-21-8-4-6-18-5-2-3-7-20(18)21/h2-12H,1,13-15H2,(H,24,25). The first-order valence-electron chi connectivity index (χ1n) is 8.44. The van der Waals surface area contributed by atoms with Crippen LogP contribution in [0.15, 0.2) is 78.9 Å². The zero-order valence-corrected chi connectivity index (χ0v) is 14.4. The molecule has 0 aliphatic heterocycles. The number of rotatable bonds is 7. The molecule has 4 heteroatoms. The van der Waals surface area contributed by atoms with E-state index >= 15 is 0 Å². The number of amides is 1. The average Bonchev–Trinajstić information content (AvgIpc) is 2.67. The van der Waals surface area contributed by atoms with Crippen LogP contribution in [0.4, 0.5) is 4.39 Å². The molecule has 3 rings (SSSR count). The molecule has 132 valence electrons. The normalized spacial score (nSPS) is 10.5. The van der Waals surface area contributed by atoms with Gasteiger partial charge in [0.15, 0.2) is 0 Å². The minimum absolute atomic E-state index is 0.121. The maximum Gasteiger partial charge on any atom is 0.250 e. The highest BCUT2D eigenvalue weighted by molar-refractivity contribution is 5.93. The molecular formula is C22H20FNO2. The maximum atomic E-state index is 12.9. The van der Waals surface area contributed by atoms with Crippen molar-refractivity contribution in [3.63, 3.8) is 0 Å². The van der Waals surface area contributed by atoms with Crippen LogP contribution in [-0.2, 0) is 11.2 Å². The average molecular weight is 349 g/mol.